The maximum Gasteiger partial charge on any atom is 0.128 e. The molecule has 18 heavy (non-hydrogen) atoms. The summed E-state index contributed by atoms with van der Waals surface area (Å²) < 4.78 is 32.2. The summed E-state index contributed by atoms with van der Waals surface area (Å²) in [6.07, 6.45) is 1.58. The van der Waals surface area contributed by atoms with E-state index in [0.29, 0.717) is 25.2 Å². The van der Waals surface area contributed by atoms with Crippen molar-refractivity contribution in [2.75, 3.05) is 19.8 Å². The first-order valence-corrected chi connectivity index (χ1v) is 6.45. The van der Waals surface area contributed by atoms with Crippen LogP contribution in [0.25, 0.3) is 0 Å². The maximum atomic E-state index is 13.7. The number of rotatable bonds is 8. The zero-order chi connectivity index (χ0) is 13.4. The van der Waals surface area contributed by atoms with Gasteiger partial charge in [-0.05, 0) is 44.5 Å². The van der Waals surface area contributed by atoms with Crippen LogP contribution in [0.1, 0.15) is 38.3 Å². The van der Waals surface area contributed by atoms with Crippen LogP contribution < -0.4 is 5.32 Å². The van der Waals surface area contributed by atoms with Gasteiger partial charge in [0.1, 0.15) is 11.6 Å². The highest BCUT2D eigenvalue weighted by Gasteiger charge is 2.15. The fourth-order valence-electron chi connectivity index (χ4n) is 1.81. The van der Waals surface area contributed by atoms with E-state index in [9.17, 15) is 8.78 Å². The minimum Gasteiger partial charge on any atom is -0.382 e. The van der Waals surface area contributed by atoms with Crippen molar-refractivity contribution in [2.45, 2.75) is 32.7 Å². The molecule has 0 radical (unpaired) electrons. The number of hydrogen-bond donors (Lipinski definition) is 1. The molecule has 0 aromatic heterocycles. The molecule has 0 spiro atoms. The number of nitrogens with one attached hydrogen (secondary N) is 1. The van der Waals surface area contributed by atoms with E-state index in [4.69, 9.17) is 4.74 Å². The smallest absolute Gasteiger partial charge is 0.128 e. The summed E-state index contributed by atoms with van der Waals surface area (Å²) in [5.74, 6) is -0.785. The zero-order valence-electron chi connectivity index (χ0n) is 11.0. The molecule has 1 atom stereocenters. The summed E-state index contributed by atoms with van der Waals surface area (Å²) in [6, 6.07) is 3.37. The molecule has 0 aliphatic rings. The molecule has 102 valence electrons. The Morgan fingerprint density at radius 2 is 2.06 bits per heavy atom. The molecule has 1 rings (SSSR count). The van der Waals surface area contributed by atoms with Crippen molar-refractivity contribution in [2.24, 2.45) is 0 Å². The Balaban J connectivity index is 2.75. The highest BCUT2D eigenvalue weighted by molar-refractivity contribution is 5.22. The van der Waals surface area contributed by atoms with Crippen LogP contribution >= 0.6 is 0 Å². The van der Waals surface area contributed by atoms with Crippen molar-refractivity contribution in [1.82, 2.24) is 5.32 Å². The van der Waals surface area contributed by atoms with Gasteiger partial charge in [-0.25, -0.2) is 8.78 Å². The second-order valence-electron chi connectivity index (χ2n) is 4.16. The van der Waals surface area contributed by atoms with Gasteiger partial charge in [0.05, 0.1) is 0 Å². The Kier molecular flexibility index (Phi) is 6.83. The Hall–Kier alpha value is -1.00. The van der Waals surface area contributed by atoms with Crippen LogP contribution in [0.2, 0.25) is 0 Å². The van der Waals surface area contributed by atoms with Crippen LogP contribution in [0.5, 0.6) is 0 Å². The molecule has 4 heteroatoms. The zero-order valence-corrected chi connectivity index (χ0v) is 11.0. The van der Waals surface area contributed by atoms with E-state index in [-0.39, 0.29) is 11.9 Å². The van der Waals surface area contributed by atoms with E-state index >= 15 is 0 Å². The van der Waals surface area contributed by atoms with Crippen molar-refractivity contribution in [3.8, 4) is 0 Å². The number of hydrogen-bond acceptors (Lipinski definition) is 2. The third-order valence-corrected chi connectivity index (χ3v) is 2.73. The molecular weight excluding hydrogens is 236 g/mol. The second-order valence-corrected chi connectivity index (χ2v) is 4.16. The molecule has 0 heterocycles. The molecule has 0 aliphatic heterocycles. The van der Waals surface area contributed by atoms with Crippen LogP contribution in [0, 0.1) is 11.6 Å². The molecule has 0 saturated carbocycles. The van der Waals surface area contributed by atoms with Crippen molar-refractivity contribution in [1.29, 1.82) is 0 Å². The third-order valence-electron chi connectivity index (χ3n) is 2.73. The standard InChI is InChI=1S/C14H21F2NO/c1-3-8-17-14(7-9-18-4-2)12-10-11(15)5-6-13(12)16/h5-6,10,14,17H,3-4,7-9H2,1-2H3. The number of halogens is 2. The lowest BCUT2D eigenvalue weighted by atomic mass is 10.0. The van der Waals surface area contributed by atoms with E-state index in [1.807, 2.05) is 13.8 Å². The molecular formula is C14H21F2NO. The van der Waals surface area contributed by atoms with Crippen LogP contribution in [-0.4, -0.2) is 19.8 Å². The summed E-state index contributed by atoms with van der Waals surface area (Å²) in [5.41, 5.74) is 0.378. The summed E-state index contributed by atoms with van der Waals surface area (Å²) >= 11 is 0. The van der Waals surface area contributed by atoms with Crippen LogP contribution in [-0.2, 0) is 4.74 Å². The first-order chi connectivity index (χ1) is 8.69. The van der Waals surface area contributed by atoms with Gasteiger partial charge >= 0.3 is 0 Å². The summed E-state index contributed by atoms with van der Waals surface area (Å²) in [7, 11) is 0. The van der Waals surface area contributed by atoms with E-state index in [0.717, 1.165) is 19.0 Å². The Morgan fingerprint density at radius 1 is 1.28 bits per heavy atom. The molecule has 0 bridgehead atoms. The molecule has 0 fully saturated rings. The SMILES string of the molecule is CCCNC(CCOCC)c1cc(F)ccc1F. The first kappa shape index (κ1) is 15.1. The normalized spacial score (nSPS) is 12.7. The molecule has 1 aromatic rings. The van der Waals surface area contributed by atoms with Gasteiger partial charge in [0.2, 0.25) is 0 Å². The van der Waals surface area contributed by atoms with Crippen molar-refractivity contribution in [3.63, 3.8) is 0 Å². The average Bonchev–Trinajstić information content (AvgIpc) is 2.37. The van der Waals surface area contributed by atoms with Gasteiger partial charge in [0.25, 0.3) is 0 Å². The fourth-order valence-corrected chi connectivity index (χ4v) is 1.81. The Bertz CT molecular complexity index is 358. The Labute approximate surface area is 107 Å². The second kappa shape index (κ2) is 8.16. The molecule has 1 unspecified atom stereocenters. The van der Waals surface area contributed by atoms with Gasteiger partial charge in [0.15, 0.2) is 0 Å². The van der Waals surface area contributed by atoms with E-state index in [1.54, 1.807) is 0 Å². The summed E-state index contributed by atoms with van der Waals surface area (Å²) in [5, 5.41) is 3.23. The summed E-state index contributed by atoms with van der Waals surface area (Å²) in [6.45, 7) is 5.89. The summed E-state index contributed by atoms with van der Waals surface area (Å²) in [4.78, 5) is 0. The molecule has 0 saturated heterocycles. The lowest BCUT2D eigenvalue weighted by Crippen LogP contribution is -2.24. The highest BCUT2D eigenvalue weighted by atomic mass is 19.1. The predicted octanol–water partition coefficient (Wildman–Crippen LogP) is 3.43. The molecule has 1 N–H and O–H groups in total. The monoisotopic (exact) mass is 257 g/mol. The van der Waals surface area contributed by atoms with Gasteiger partial charge in [0, 0.05) is 24.8 Å². The maximum absolute atomic E-state index is 13.7. The third kappa shape index (κ3) is 4.70. The topological polar surface area (TPSA) is 21.3 Å². The lowest BCUT2D eigenvalue weighted by Gasteiger charge is -2.19. The number of ether oxygens (including phenoxy) is 1. The minimum absolute atomic E-state index is 0.202. The molecule has 2 nitrogen and oxygen atoms in total. The fraction of sp³-hybridized carbons (Fsp3) is 0.571. The van der Waals surface area contributed by atoms with Gasteiger partial charge in [-0.3, -0.25) is 0 Å². The van der Waals surface area contributed by atoms with E-state index in [1.165, 1.54) is 12.1 Å². The quantitative estimate of drug-likeness (QED) is 0.720. The van der Waals surface area contributed by atoms with Gasteiger partial charge in [-0.15, -0.1) is 0 Å². The van der Waals surface area contributed by atoms with Gasteiger partial charge in [-0.2, -0.15) is 0 Å². The van der Waals surface area contributed by atoms with Crippen molar-refractivity contribution < 1.29 is 13.5 Å². The average molecular weight is 257 g/mol. The lowest BCUT2D eigenvalue weighted by molar-refractivity contribution is 0.136. The van der Waals surface area contributed by atoms with Crippen LogP contribution in [0.3, 0.4) is 0 Å². The van der Waals surface area contributed by atoms with Crippen LogP contribution in [0.15, 0.2) is 18.2 Å². The molecule has 0 aliphatic carbocycles. The largest absolute Gasteiger partial charge is 0.382 e. The Morgan fingerprint density at radius 3 is 2.72 bits per heavy atom. The number of benzene rings is 1. The van der Waals surface area contributed by atoms with Crippen molar-refractivity contribution >= 4 is 0 Å². The predicted molar refractivity (Wildman–Crippen MR) is 68.5 cm³/mol. The van der Waals surface area contributed by atoms with Crippen molar-refractivity contribution in [3.05, 3.63) is 35.4 Å². The van der Waals surface area contributed by atoms with Gasteiger partial charge < -0.3 is 10.1 Å². The van der Waals surface area contributed by atoms with E-state index < -0.39 is 5.82 Å². The highest BCUT2D eigenvalue weighted by Crippen LogP contribution is 2.21. The molecule has 0 amide bonds. The van der Waals surface area contributed by atoms with E-state index in [2.05, 4.69) is 5.32 Å². The first-order valence-electron chi connectivity index (χ1n) is 6.45. The minimum atomic E-state index is -0.411. The molecule has 1 aromatic carbocycles. The van der Waals surface area contributed by atoms with Crippen LogP contribution in [0.4, 0.5) is 8.78 Å². The van der Waals surface area contributed by atoms with Gasteiger partial charge in [-0.1, -0.05) is 6.92 Å².